The second kappa shape index (κ2) is 9.09. The van der Waals surface area contributed by atoms with Crippen LogP contribution in [-0.4, -0.2) is 42.8 Å². The van der Waals surface area contributed by atoms with Crippen LogP contribution >= 0.6 is 23.2 Å². The summed E-state index contributed by atoms with van der Waals surface area (Å²) in [6.45, 7) is 0. The van der Waals surface area contributed by atoms with Crippen LogP contribution in [-0.2, 0) is 0 Å². The maximum absolute atomic E-state index is 14.2. The summed E-state index contributed by atoms with van der Waals surface area (Å²) in [7, 11) is 0. The Balaban J connectivity index is 1.74. The van der Waals surface area contributed by atoms with Gasteiger partial charge >= 0.3 is 0 Å². The number of nitrogens with zero attached hydrogens (tertiary/aromatic N) is 4. The predicted octanol–water partition coefficient (Wildman–Crippen LogP) is 4.22. The van der Waals surface area contributed by atoms with Crippen LogP contribution in [0.3, 0.4) is 0 Å². The highest BCUT2D eigenvalue weighted by molar-refractivity contribution is 6.31. The predicted molar refractivity (Wildman–Crippen MR) is 114 cm³/mol. The smallest absolute Gasteiger partial charge is 0.272 e. The molecule has 0 radical (unpaired) electrons. The van der Waals surface area contributed by atoms with Gasteiger partial charge < -0.3 is 10.4 Å². The van der Waals surface area contributed by atoms with E-state index in [-0.39, 0.29) is 52.7 Å². The van der Waals surface area contributed by atoms with Gasteiger partial charge in [-0.15, -0.1) is 4.80 Å². The van der Waals surface area contributed by atoms with Crippen molar-refractivity contribution in [2.45, 2.75) is 43.5 Å². The highest BCUT2D eigenvalue weighted by atomic mass is 35.5. The Morgan fingerprint density at radius 2 is 1.94 bits per heavy atom. The van der Waals surface area contributed by atoms with Gasteiger partial charge in [0.15, 0.2) is 5.69 Å². The van der Waals surface area contributed by atoms with E-state index in [0.717, 1.165) is 0 Å². The first-order chi connectivity index (χ1) is 15.3. The summed E-state index contributed by atoms with van der Waals surface area (Å²) in [5.41, 5.74) is -1.20. The van der Waals surface area contributed by atoms with Crippen molar-refractivity contribution in [3.05, 3.63) is 70.0 Å². The monoisotopic (exact) mass is 481 g/mol. The molecule has 3 aromatic rings. The molecule has 0 bridgehead atoms. The van der Waals surface area contributed by atoms with Gasteiger partial charge in [0, 0.05) is 6.20 Å². The number of hydrogen-bond acceptors (Lipinski definition) is 5. The normalized spacial score (nSPS) is 21.8. The third kappa shape index (κ3) is 4.46. The van der Waals surface area contributed by atoms with Gasteiger partial charge in [0.2, 0.25) is 0 Å². The minimum absolute atomic E-state index is 0.0631. The zero-order valence-corrected chi connectivity index (χ0v) is 18.2. The lowest BCUT2D eigenvalue weighted by Crippen LogP contribution is -2.49. The number of carbonyl (C=O) groups is 1. The average Bonchev–Trinajstić information content (AvgIpc) is 3.31. The number of hydrogen-bond donors (Lipinski definition) is 2. The molecule has 1 amide bonds. The lowest BCUT2D eigenvalue weighted by Gasteiger charge is -2.41. The first kappa shape index (κ1) is 22.6. The molecule has 1 aliphatic rings. The van der Waals surface area contributed by atoms with Crippen LogP contribution in [0.25, 0.3) is 5.69 Å². The van der Waals surface area contributed by atoms with Crippen LogP contribution in [0.15, 0.2) is 42.9 Å². The molecule has 2 aromatic heterocycles. The minimum Gasteiger partial charge on any atom is -0.387 e. The summed E-state index contributed by atoms with van der Waals surface area (Å²) >= 11 is 12.2. The van der Waals surface area contributed by atoms with Gasteiger partial charge in [0.25, 0.3) is 5.91 Å². The average molecular weight is 482 g/mol. The topological polar surface area (TPSA) is 92.9 Å². The summed E-state index contributed by atoms with van der Waals surface area (Å²) in [4.78, 5) is 18.6. The molecule has 7 nitrogen and oxygen atoms in total. The van der Waals surface area contributed by atoms with Crippen molar-refractivity contribution in [2.75, 3.05) is 0 Å². The zero-order valence-electron chi connectivity index (χ0n) is 16.7. The Morgan fingerprint density at radius 3 is 2.62 bits per heavy atom. The van der Waals surface area contributed by atoms with Gasteiger partial charge in [-0.1, -0.05) is 35.3 Å². The highest BCUT2D eigenvalue weighted by Crippen LogP contribution is 2.42. The van der Waals surface area contributed by atoms with E-state index >= 15 is 0 Å². The van der Waals surface area contributed by atoms with E-state index in [2.05, 4.69) is 20.5 Å². The molecular formula is C21H19Cl2F2N5O2. The van der Waals surface area contributed by atoms with E-state index in [4.69, 9.17) is 23.2 Å². The summed E-state index contributed by atoms with van der Waals surface area (Å²) in [5, 5.41) is 22.2. The molecule has 2 heterocycles. The van der Waals surface area contributed by atoms with E-state index in [1.165, 1.54) is 47.7 Å². The molecule has 1 aromatic carbocycles. The van der Waals surface area contributed by atoms with Crippen molar-refractivity contribution in [1.82, 2.24) is 25.3 Å². The molecule has 1 unspecified atom stereocenters. The standard InChI is InChI=1S/C21H19Cl2F2N5O2/c22-12-10-16(30-27-8-9-28-30)18(26-11-12)20(31)29-19(14-2-1-3-15(25)17(14)23)21(32)6-4-13(24)5-7-21/h1-3,8-11,13,19,32H,4-7H2,(H,29,31)/t13-,19?,21+. The van der Waals surface area contributed by atoms with Crippen molar-refractivity contribution in [3.8, 4) is 5.69 Å². The minimum atomic E-state index is -1.54. The van der Waals surface area contributed by atoms with Gasteiger partial charge in [-0.3, -0.25) is 4.79 Å². The van der Waals surface area contributed by atoms with Crippen molar-refractivity contribution in [2.24, 2.45) is 0 Å². The number of pyridine rings is 1. The summed E-state index contributed by atoms with van der Waals surface area (Å²) in [5.74, 6) is -1.38. The SMILES string of the molecule is O=C(NC(c1cccc(F)c1Cl)[C@]1(O)CC[C@@H](F)CC1)c1ncc(Cl)cc1-n1nccn1. The fourth-order valence-corrected chi connectivity index (χ4v) is 4.30. The molecule has 168 valence electrons. The van der Waals surface area contributed by atoms with E-state index in [0.29, 0.717) is 0 Å². The number of benzene rings is 1. The third-order valence-corrected chi connectivity index (χ3v) is 6.18. The van der Waals surface area contributed by atoms with Crippen LogP contribution in [0.4, 0.5) is 8.78 Å². The Bertz CT molecular complexity index is 1120. The van der Waals surface area contributed by atoms with Crippen LogP contribution < -0.4 is 5.32 Å². The number of amides is 1. The maximum Gasteiger partial charge on any atom is 0.272 e. The van der Waals surface area contributed by atoms with Gasteiger partial charge in [-0.05, 0) is 43.4 Å². The number of carbonyl (C=O) groups excluding carboxylic acids is 1. The molecule has 1 aliphatic carbocycles. The molecule has 32 heavy (non-hydrogen) atoms. The first-order valence-corrected chi connectivity index (χ1v) is 10.7. The lowest BCUT2D eigenvalue weighted by molar-refractivity contribution is -0.0446. The summed E-state index contributed by atoms with van der Waals surface area (Å²) < 4.78 is 28.0. The second-order valence-electron chi connectivity index (χ2n) is 7.67. The number of aromatic nitrogens is 4. The van der Waals surface area contributed by atoms with Crippen LogP contribution in [0, 0.1) is 5.82 Å². The molecule has 1 fully saturated rings. The fourth-order valence-electron chi connectivity index (χ4n) is 3.91. The lowest BCUT2D eigenvalue weighted by atomic mass is 9.76. The first-order valence-electron chi connectivity index (χ1n) is 9.92. The van der Waals surface area contributed by atoms with Gasteiger partial charge in [-0.25, -0.2) is 13.8 Å². The Labute approximate surface area is 192 Å². The second-order valence-corrected chi connectivity index (χ2v) is 8.48. The van der Waals surface area contributed by atoms with E-state index in [1.807, 2.05) is 0 Å². The molecular weight excluding hydrogens is 463 g/mol. The largest absolute Gasteiger partial charge is 0.387 e. The van der Waals surface area contributed by atoms with E-state index in [1.54, 1.807) is 0 Å². The Hall–Kier alpha value is -2.62. The third-order valence-electron chi connectivity index (χ3n) is 5.57. The zero-order chi connectivity index (χ0) is 22.9. The summed E-state index contributed by atoms with van der Waals surface area (Å²) in [6.07, 6.45) is 3.43. The number of rotatable bonds is 5. The Kier molecular flexibility index (Phi) is 6.41. The van der Waals surface area contributed by atoms with Crippen LogP contribution in [0.5, 0.6) is 0 Å². The molecule has 2 N–H and O–H groups in total. The van der Waals surface area contributed by atoms with E-state index in [9.17, 15) is 18.7 Å². The fraction of sp³-hybridized carbons (Fsp3) is 0.333. The van der Waals surface area contributed by atoms with Crippen LogP contribution in [0.1, 0.15) is 47.8 Å². The van der Waals surface area contributed by atoms with Crippen molar-refractivity contribution in [1.29, 1.82) is 0 Å². The van der Waals surface area contributed by atoms with Gasteiger partial charge in [0.05, 0.1) is 34.1 Å². The number of halogens is 4. The molecule has 1 saturated carbocycles. The molecule has 0 aliphatic heterocycles. The Morgan fingerprint density at radius 1 is 1.25 bits per heavy atom. The molecule has 4 rings (SSSR count). The molecule has 11 heteroatoms. The van der Waals surface area contributed by atoms with Crippen molar-refractivity contribution >= 4 is 29.1 Å². The van der Waals surface area contributed by atoms with Crippen molar-refractivity contribution < 1.29 is 18.7 Å². The number of aliphatic hydroxyl groups is 1. The van der Waals surface area contributed by atoms with Gasteiger partial charge in [-0.2, -0.15) is 10.2 Å². The number of nitrogens with one attached hydrogen (secondary N) is 1. The quantitative estimate of drug-likeness (QED) is 0.568. The molecule has 0 spiro atoms. The summed E-state index contributed by atoms with van der Waals surface area (Å²) in [6, 6.07) is 4.48. The van der Waals surface area contributed by atoms with Gasteiger partial charge in [0.1, 0.15) is 17.7 Å². The maximum atomic E-state index is 14.2. The number of alkyl halides is 1. The van der Waals surface area contributed by atoms with Crippen molar-refractivity contribution in [3.63, 3.8) is 0 Å². The van der Waals surface area contributed by atoms with E-state index < -0.39 is 29.5 Å². The van der Waals surface area contributed by atoms with Crippen LogP contribution in [0.2, 0.25) is 10.0 Å². The highest BCUT2D eigenvalue weighted by Gasteiger charge is 2.43. The molecule has 1 atom stereocenters. The molecule has 0 saturated heterocycles.